The fourth-order valence-electron chi connectivity index (χ4n) is 2.07. The summed E-state index contributed by atoms with van der Waals surface area (Å²) >= 11 is 6.36. The standard InChI is InChI=1S/C12H14ClN5O8S2.Na.H/c1-25-12(5-18(10(12)21)28(22,23)24)16-9(20)8(17-26-2)6-4-27-11(14-6)15-7(19)3-13;;/h4H,3,5H2,1-2H3,(H,16,20)(H,14,15,19)(H,22,23,24);;. The Labute approximate surface area is 195 Å². The van der Waals surface area contributed by atoms with Gasteiger partial charge in [0.1, 0.15) is 18.7 Å². The third-order valence-corrected chi connectivity index (χ3v) is 5.25. The van der Waals surface area contributed by atoms with E-state index in [1.165, 1.54) is 5.38 Å². The molecule has 1 atom stereocenters. The van der Waals surface area contributed by atoms with Crippen LogP contribution in [0.25, 0.3) is 0 Å². The van der Waals surface area contributed by atoms with Crippen LogP contribution in [0.2, 0.25) is 0 Å². The van der Waals surface area contributed by atoms with Crippen LogP contribution in [-0.4, -0.2) is 108 Å². The fourth-order valence-corrected chi connectivity index (χ4v) is 3.55. The van der Waals surface area contributed by atoms with E-state index in [1.54, 1.807) is 0 Å². The molecule has 1 fully saturated rings. The Bertz CT molecular complexity index is 938. The number of aromatic nitrogens is 1. The molecule has 1 unspecified atom stereocenters. The average molecular weight is 480 g/mol. The van der Waals surface area contributed by atoms with Crippen molar-refractivity contribution < 1.29 is 36.9 Å². The van der Waals surface area contributed by atoms with E-state index in [-0.39, 0.29) is 56.3 Å². The van der Waals surface area contributed by atoms with Crippen LogP contribution in [0, 0.1) is 0 Å². The predicted octanol–water partition coefficient (Wildman–Crippen LogP) is -1.87. The van der Waals surface area contributed by atoms with E-state index in [1.807, 2.05) is 0 Å². The van der Waals surface area contributed by atoms with Crippen LogP contribution in [0.1, 0.15) is 5.69 Å². The first-order valence-corrected chi connectivity index (χ1v) is 9.99. The summed E-state index contributed by atoms with van der Waals surface area (Å²) in [6.45, 7) is -0.652. The molecule has 3 amide bonds. The first-order valence-electron chi connectivity index (χ1n) is 7.18. The van der Waals surface area contributed by atoms with Gasteiger partial charge in [0.05, 0.1) is 6.54 Å². The van der Waals surface area contributed by atoms with Gasteiger partial charge in [-0.25, -0.2) is 9.29 Å². The monoisotopic (exact) mass is 479 g/mol. The summed E-state index contributed by atoms with van der Waals surface area (Å²) in [5, 5.41) is 9.64. The van der Waals surface area contributed by atoms with Gasteiger partial charge >= 0.3 is 39.9 Å². The van der Waals surface area contributed by atoms with E-state index < -0.39 is 40.3 Å². The Hall–Kier alpha value is -1.33. The number of nitrogens with one attached hydrogen (secondary N) is 2. The first-order chi connectivity index (χ1) is 13.1. The third kappa shape index (κ3) is 5.64. The molecule has 0 aromatic carbocycles. The van der Waals surface area contributed by atoms with E-state index in [4.69, 9.17) is 20.9 Å². The molecule has 1 aliphatic heterocycles. The average Bonchev–Trinajstić information content (AvgIpc) is 3.08. The molecule has 0 aliphatic carbocycles. The van der Waals surface area contributed by atoms with Crippen molar-refractivity contribution in [3.05, 3.63) is 11.1 Å². The second-order valence-electron chi connectivity index (χ2n) is 5.12. The topological polar surface area (TPSA) is 177 Å². The molecule has 17 heteroatoms. The molecule has 3 N–H and O–H groups in total. The van der Waals surface area contributed by atoms with Crippen molar-refractivity contribution in [3.63, 3.8) is 0 Å². The van der Waals surface area contributed by atoms with Gasteiger partial charge in [-0.05, 0) is 0 Å². The molecule has 0 bridgehead atoms. The number of β-lactam (4-membered cyclic amide) rings is 1. The number of oxime groups is 1. The van der Waals surface area contributed by atoms with Crippen LogP contribution in [0.15, 0.2) is 10.5 Å². The number of anilines is 1. The molecule has 0 radical (unpaired) electrons. The Balaban J connectivity index is 0.00000420. The SMILES string of the molecule is CON=C(C(=O)NC1(OC)CN(S(=O)(=O)O)C1=O)c1csc(NC(=O)CCl)n1.[NaH]. The normalized spacial score (nSPS) is 19.1. The Kier molecular flexibility index (Phi) is 8.97. The zero-order valence-corrected chi connectivity index (χ0v) is 16.7. The van der Waals surface area contributed by atoms with Gasteiger partial charge < -0.3 is 20.2 Å². The number of carbonyl (C=O) groups is 3. The molecule has 156 valence electrons. The predicted molar refractivity (Wildman–Crippen MR) is 103 cm³/mol. The van der Waals surface area contributed by atoms with Gasteiger partial charge in [0, 0.05) is 12.5 Å². The molecule has 1 aliphatic rings. The molecule has 2 heterocycles. The molecular formula is C12H15ClN5NaO8S2. The molecule has 1 aromatic heterocycles. The summed E-state index contributed by atoms with van der Waals surface area (Å²) < 4.78 is 36.2. The molecule has 13 nitrogen and oxygen atoms in total. The van der Waals surface area contributed by atoms with E-state index in [0.29, 0.717) is 0 Å². The van der Waals surface area contributed by atoms with E-state index in [0.717, 1.165) is 25.6 Å². The summed E-state index contributed by atoms with van der Waals surface area (Å²) in [4.78, 5) is 44.5. The number of amides is 3. The summed E-state index contributed by atoms with van der Waals surface area (Å²) in [5.74, 6) is -2.98. The minimum atomic E-state index is -4.79. The second kappa shape index (κ2) is 10.1. The summed E-state index contributed by atoms with van der Waals surface area (Å²) in [5.41, 5.74) is -2.40. The summed E-state index contributed by atoms with van der Waals surface area (Å²) in [7, 11) is -2.56. The van der Waals surface area contributed by atoms with E-state index in [9.17, 15) is 22.8 Å². The number of alkyl halides is 1. The number of hydrogen-bond acceptors (Lipinski definition) is 10. The number of carbonyl (C=O) groups excluding carboxylic acids is 3. The van der Waals surface area contributed by atoms with Gasteiger partial charge in [0.2, 0.25) is 11.6 Å². The number of ether oxygens (including phenoxy) is 1. The molecule has 1 saturated heterocycles. The van der Waals surface area contributed by atoms with E-state index in [2.05, 4.69) is 25.6 Å². The van der Waals surface area contributed by atoms with Crippen molar-refractivity contribution >= 4 is 91.4 Å². The van der Waals surface area contributed by atoms with Crippen LogP contribution in [0.3, 0.4) is 0 Å². The molecule has 2 rings (SSSR count). The zero-order valence-electron chi connectivity index (χ0n) is 14.3. The number of rotatable bonds is 8. The quantitative estimate of drug-likeness (QED) is 0.0732. The van der Waals surface area contributed by atoms with Crippen molar-refractivity contribution in [1.29, 1.82) is 0 Å². The van der Waals surface area contributed by atoms with Crippen LogP contribution in [-0.2, 0) is 34.3 Å². The van der Waals surface area contributed by atoms with Crippen LogP contribution in [0.4, 0.5) is 5.13 Å². The van der Waals surface area contributed by atoms with Gasteiger partial charge in [0.25, 0.3) is 11.8 Å². The van der Waals surface area contributed by atoms with Crippen molar-refractivity contribution in [2.24, 2.45) is 5.16 Å². The van der Waals surface area contributed by atoms with Crippen molar-refractivity contribution in [2.75, 3.05) is 32.0 Å². The van der Waals surface area contributed by atoms with Crippen LogP contribution in [0.5, 0.6) is 0 Å². The van der Waals surface area contributed by atoms with Gasteiger partial charge in [0.15, 0.2) is 10.8 Å². The van der Waals surface area contributed by atoms with Gasteiger partial charge in [-0.15, -0.1) is 22.9 Å². The maximum atomic E-state index is 12.6. The maximum absolute atomic E-state index is 12.6. The molecule has 0 saturated carbocycles. The summed E-state index contributed by atoms with van der Waals surface area (Å²) in [6.07, 6.45) is 0. The van der Waals surface area contributed by atoms with Gasteiger partial charge in [-0.3, -0.25) is 18.9 Å². The van der Waals surface area contributed by atoms with Gasteiger partial charge in [-0.1, -0.05) is 5.16 Å². The van der Waals surface area contributed by atoms with Crippen molar-refractivity contribution in [2.45, 2.75) is 5.72 Å². The van der Waals surface area contributed by atoms with Crippen LogP contribution < -0.4 is 10.6 Å². The van der Waals surface area contributed by atoms with Gasteiger partial charge in [-0.2, -0.15) is 8.42 Å². The zero-order chi connectivity index (χ0) is 21.1. The molecule has 0 spiro atoms. The second-order valence-corrected chi connectivity index (χ2v) is 7.58. The molecule has 1 aromatic rings. The molecule has 29 heavy (non-hydrogen) atoms. The number of nitrogens with zero attached hydrogens (tertiary/aromatic N) is 3. The number of hydrogen-bond donors (Lipinski definition) is 3. The van der Waals surface area contributed by atoms with Crippen LogP contribution >= 0.6 is 22.9 Å². The van der Waals surface area contributed by atoms with Crippen molar-refractivity contribution in [3.8, 4) is 0 Å². The Morgan fingerprint density at radius 2 is 2.14 bits per heavy atom. The third-order valence-electron chi connectivity index (χ3n) is 3.39. The Morgan fingerprint density at radius 3 is 2.62 bits per heavy atom. The Morgan fingerprint density at radius 1 is 1.48 bits per heavy atom. The van der Waals surface area contributed by atoms with E-state index >= 15 is 0 Å². The fraction of sp³-hybridized carbons (Fsp3) is 0.417. The molecular weight excluding hydrogens is 465 g/mol. The minimum absolute atomic E-state index is 0. The number of methoxy groups -OCH3 is 1. The number of halogens is 1. The number of thiazole rings is 1. The summed E-state index contributed by atoms with van der Waals surface area (Å²) in [6, 6.07) is 0. The van der Waals surface area contributed by atoms with Crippen molar-refractivity contribution in [1.82, 2.24) is 14.6 Å². The first kappa shape index (κ1) is 25.7.